The van der Waals surface area contributed by atoms with Crippen LogP contribution in [0.2, 0.25) is 0 Å². The van der Waals surface area contributed by atoms with Crippen LogP contribution in [0.1, 0.15) is 25.8 Å². The van der Waals surface area contributed by atoms with E-state index in [-0.39, 0.29) is 0 Å². The van der Waals surface area contributed by atoms with Gasteiger partial charge in [-0.15, -0.1) is 0 Å². The molecule has 1 aromatic carbocycles. The molecule has 0 bridgehead atoms. The number of aromatic nitrogens is 2. The fourth-order valence-electron chi connectivity index (χ4n) is 2.18. The van der Waals surface area contributed by atoms with Gasteiger partial charge < -0.3 is 15.4 Å². The Balaban J connectivity index is 1.81. The molecule has 0 radical (unpaired) electrons. The topological polar surface area (TPSA) is 59.1 Å². The molecular formula is C18H26N4O. The second-order valence-corrected chi connectivity index (χ2v) is 5.90. The van der Waals surface area contributed by atoms with E-state index in [2.05, 4.69) is 40.5 Å². The summed E-state index contributed by atoms with van der Waals surface area (Å²) in [5.41, 5.74) is 1.23. The predicted octanol–water partition coefficient (Wildman–Crippen LogP) is 3.60. The molecule has 0 spiro atoms. The summed E-state index contributed by atoms with van der Waals surface area (Å²) in [6.45, 7) is 6.14. The molecule has 0 saturated heterocycles. The minimum absolute atomic E-state index is 0.655. The summed E-state index contributed by atoms with van der Waals surface area (Å²) in [7, 11) is 1.68. The van der Waals surface area contributed by atoms with Crippen molar-refractivity contribution in [1.82, 2.24) is 9.97 Å². The summed E-state index contributed by atoms with van der Waals surface area (Å²) in [4.78, 5) is 8.74. The normalized spacial score (nSPS) is 10.6. The minimum atomic E-state index is 0.655. The van der Waals surface area contributed by atoms with Crippen LogP contribution in [0.4, 0.5) is 11.8 Å². The predicted molar refractivity (Wildman–Crippen MR) is 95.2 cm³/mol. The van der Waals surface area contributed by atoms with E-state index in [0.29, 0.717) is 11.9 Å². The lowest BCUT2D eigenvalue weighted by molar-refractivity contribution is 0.414. The van der Waals surface area contributed by atoms with Crippen LogP contribution in [0, 0.1) is 5.92 Å². The van der Waals surface area contributed by atoms with Gasteiger partial charge in [0.1, 0.15) is 11.6 Å². The first-order chi connectivity index (χ1) is 11.2. The first kappa shape index (κ1) is 17.1. The number of methoxy groups -OCH3 is 1. The molecule has 0 atom stereocenters. The van der Waals surface area contributed by atoms with Gasteiger partial charge >= 0.3 is 0 Å². The molecule has 124 valence electrons. The number of rotatable bonds is 9. The Hall–Kier alpha value is -2.30. The van der Waals surface area contributed by atoms with Crippen LogP contribution < -0.4 is 15.4 Å². The van der Waals surface area contributed by atoms with Gasteiger partial charge in [0.15, 0.2) is 0 Å². The molecule has 5 nitrogen and oxygen atoms in total. The van der Waals surface area contributed by atoms with Gasteiger partial charge in [0.2, 0.25) is 5.95 Å². The lowest BCUT2D eigenvalue weighted by Gasteiger charge is -2.10. The number of hydrogen-bond acceptors (Lipinski definition) is 5. The minimum Gasteiger partial charge on any atom is -0.497 e. The summed E-state index contributed by atoms with van der Waals surface area (Å²) >= 11 is 0. The van der Waals surface area contributed by atoms with Crippen LogP contribution in [-0.2, 0) is 6.42 Å². The van der Waals surface area contributed by atoms with Gasteiger partial charge in [-0.1, -0.05) is 26.0 Å². The van der Waals surface area contributed by atoms with Gasteiger partial charge in [0, 0.05) is 19.3 Å². The SMILES string of the molecule is COc1cccc(CCNc2nccc(NCCC(C)C)n2)c1. The van der Waals surface area contributed by atoms with Crippen molar-refractivity contribution >= 4 is 11.8 Å². The van der Waals surface area contributed by atoms with Crippen LogP contribution >= 0.6 is 0 Å². The summed E-state index contributed by atoms with van der Waals surface area (Å²) < 4.78 is 5.24. The standard InChI is InChI=1S/C18H26N4O/c1-14(2)7-10-19-17-9-12-21-18(22-17)20-11-8-15-5-4-6-16(13-15)23-3/h4-6,9,12-14H,7-8,10-11H2,1-3H3,(H2,19,20,21,22). The summed E-state index contributed by atoms with van der Waals surface area (Å²) in [6.07, 6.45) is 3.80. The Labute approximate surface area is 138 Å². The number of benzene rings is 1. The lowest BCUT2D eigenvalue weighted by atomic mass is 10.1. The van der Waals surface area contributed by atoms with Crippen LogP contribution in [-0.4, -0.2) is 30.2 Å². The van der Waals surface area contributed by atoms with E-state index < -0.39 is 0 Å². The van der Waals surface area contributed by atoms with Crippen molar-refractivity contribution in [2.45, 2.75) is 26.7 Å². The van der Waals surface area contributed by atoms with Crippen molar-refractivity contribution in [3.05, 3.63) is 42.1 Å². The quantitative estimate of drug-likeness (QED) is 0.740. The smallest absolute Gasteiger partial charge is 0.224 e. The van der Waals surface area contributed by atoms with Crippen molar-refractivity contribution in [2.24, 2.45) is 5.92 Å². The second kappa shape index (κ2) is 8.98. The zero-order valence-electron chi connectivity index (χ0n) is 14.2. The number of hydrogen-bond donors (Lipinski definition) is 2. The first-order valence-corrected chi connectivity index (χ1v) is 8.11. The third kappa shape index (κ3) is 6.14. The van der Waals surface area contributed by atoms with Gasteiger partial charge in [-0.25, -0.2) is 4.98 Å². The van der Waals surface area contributed by atoms with E-state index in [4.69, 9.17) is 4.74 Å². The van der Waals surface area contributed by atoms with E-state index in [9.17, 15) is 0 Å². The second-order valence-electron chi connectivity index (χ2n) is 5.90. The molecule has 5 heteroatoms. The van der Waals surface area contributed by atoms with Gasteiger partial charge in [0.25, 0.3) is 0 Å². The molecule has 0 amide bonds. The zero-order chi connectivity index (χ0) is 16.5. The van der Waals surface area contributed by atoms with Crippen LogP contribution in [0.3, 0.4) is 0 Å². The summed E-state index contributed by atoms with van der Waals surface area (Å²) in [5, 5.41) is 6.60. The van der Waals surface area contributed by atoms with Crippen molar-refractivity contribution in [3.8, 4) is 5.75 Å². The largest absolute Gasteiger partial charge is 0.497 e. The number of anilines is 2. The summed E-state index contributed by atoms with van der Waals surface area (Å²) in [6, 6.07) is 9.99. The van der Waals surface area contributed by atoms with Gasteiger partial charge in [0.05, 0.1) is 7.11 Å². The van der Waals surface area contributed by atoms with Crippen molar-refractivity contribution in [2.75, 3.05) is 30.8 Å². The van der Waals surface area contributed by atoms with Gasteiger partial charge in [-0.05, 0) is 42.5 Å². The van der Waals surface area contributed by atoms with E-state index in [1.165, 1.54) is 5.56 Å². The fraction of sp³-hybridized carbons (Fsp3) is 0.444. The highest BCUT2D eigenvalue weighted by molar-refractivity contribution is 5.39. The molecule has 23 heavy (non-hydrogen) atoms. The molecule has 0 fully saturated rings. The highest BCUT2D eigenvalue weighted by Gasteiger charge is 2.01. The third-order valence-electron chi connectivity index (χ3n) is 3.51. The van der Waals surface area contributed by atoms with Gasteiger partial charge in [-0.3, -0.25) is 0 Å². The number of ether oxygens (including phenoxy) is 1. The average Bonchev–Trinajstić information content (AvgIpc) is 2.55. The lowest BCUT2D eigenvalue weighted by Crippen LogP contribution is -2.10. The van der Waals surface area contributed by atoms with Crippen molar-refractivity contribution in [1.29, 1.82) is 0 Å². The first-order valence-electron chi connectivity index (χ1n) is 8.11. The maximum Gasteiger partial charge on any atom is 0.224 e. The molecule has 0 aliphatic rings. The Morgan fingerprint density at radius 3 is 2.78 bits per heavy atom. The van der Waals surface area contributed by atoms with Crippen LogP contribution in [0.5, 0.6) is 5.75 Å². The summed E-state index contributed by atoms with van der Waals surface area (Å²) in [5.74, 6) is 3.09. The molecule has 0 aliphatic carbocycles. The Bertz CT molecular complexity index is 601. The molecule has 2 rings (SSSR count). The van der Waals surface area contributed by atoms with Crippen molar-refractivity contribution in [3.63, 3.8) is 0 Å². The Kier molecular flexibility index (Phi) is 6.66. The fourth-order valence-corrected chi connectivity index (χ4v) is 2.18. The molecule has 1 aromatic heterocycles. The maximum atomic E-state index is 5.24. The van der Waals surface area contributed by atoms with E-state index in [0.717, 1.165) is 37.5 Å². The molecular weight excluding hydrogens is 288 g/mol. The highest BCUT2D eigenvalue weighted by atomic mass is 16.5. The highest BCUT2D eigenvalue weighted by Crippen LogP contribution is 2.13. The maximum absolute atomic E-state index is 5.24. The van der Waals surface area contributed by atoms with Crippen LogP contribution in [0.15, 0.2) is 36.5 Å². The average molecular weight is 314 g/mol. The van der Waals surface area contributed by atoms with Crippen molar-refractivity contribution < 1.29 is 4.74 Å². The van der Waals surface area contributed by atoms with E-state index >= 15 is 0 Å². The monoisotopic (exact) mass is 314 g/mol. The van der Waals surface area contributed by atoms with Crippen LogP contribution in [0.25, 0.3) is 0 Å². The molecule has 2 N–H and O–H groups in total. The Morgan fingerprint density at radius 1 is 1.13 bits per heavy atom. The van der Waals surface area contributed by atoms with E-state index in [1.54, 1.807) is 13.3 Å². The molecule has 1 heterocycles. The Morgan fingerprint density at radius 2 is 2.00 bits per heavy atom. The molecule has 0 aliphatic heterocycles. The molecule has 2 aromatic rings. The number of nitrogens with zero attached hydrogens (tertiary/aromatic N) is 2. The zero-order valence-corrected chi connectivity index (χ0v) is 14.2. The van der Waals surface area contributed by atoms with Gasteiger partial charge in [-0.2, -0.15) is 4.98 Å². The number of nitrogens with one attached hydrogen (secondary N) is 2. The molecule has 0 unspecified atom stereocenters. The molecule has 0 saturated carbocycles. The van der Waals surface area contributed by atoms with E-state index in [1.807, 2.05) is 24.3 Å². The third-order valence-corrected chi connectivity index (χ3v) is 3.51.